The van der Waals surface area contributed by atoms with Gasteiger partial charge in [-0.3, -0.25) is 4.79 Å². The molecule has 1 aliphatic carbocycles. The van der Waals surface area contributed by atoms with E-state index in [0.29, 0.717) is 0 Å². The molecule has 0 spiro atoms. The highest BCUT2D eigenvalue weighted by atomic mass is 16.5. The minimum atomic E-state index is -0.437. The van der Waals surface area contributed by atoms with Crippen molar-refractivity contribution in [2.24, 2.45) is 11.1 Å². The molecule has 0 saturated heterocycles. The minimum absolute atomic E-state index is 0.0417. The van der Waals surface area contributed by atoms with Gasteiger partial charge in [-0.1, -0.05) is 18.6 Å². The lowest BCUT2D eigenvalue weighted by Gasteiger charge is -2.29. The second kappa shape index (κ2) is 5.83. The Labute approximate surface area is 120 Å². The highest BCUT2D eigenvalue weighted by molar-refractivity contribution is 5.83. The molecule has 0 aliphatic heterocycles. The molecule has 1 aromatic carbocycles. The fourth-order valence-electron chi connectivity index (χ4n) is 2.83. The molecular formula is C16H24N2O2. The fraction of sp³-hybridized carbons (Fsp3) is 0.562. The predicted molar refractivity (Wildman–Crippen MR) is 79.5 cm³/mol. The van der Waals surface area contributed by atoms with Crippen LogP contribution in [0.25, 0.3) is 0 Å². The van der Waals surface area contributed by atoms with Gasteiger partial charge in [0.2, 0.25) is 5.91 Å². The molecule has 1 amide bonds. The Hall–Kier alpha value is -1.55. The average molecular weight is 276 g/mol. The Balaban J connectivity index is 2.07. The highest BCUT2D eigenvalue weighted by Crippen LogP contribution is 2.37. The van der Waals surface area contributed by atoms with E-state index in [1.165, 1.54) is 0 Å². The monoisotopic (exact) mass is 276 g/mol. The van der Waals surface area contributed by atoms with E-state index in [-0.39, 0.29) is 18.0 Å². The van der Waals surface area contributed by atoms with Gasteiger partial charge in [0.1, 0.15) is 5.75 Å². The number of rotatable bonds is 4. The molecule has 20 heavy (non-hydrogen) atoms. The third kappa shape index (κ3) is 2.80. The molecule has 0 radical (unpaired) electrons. The average Bonchev–Trinajstić information content (AvgIpc) is 2.80. The van der Waals surface area contributed by atoms with Crippen LogP contribution in [0.15, 0.2) is 24.3 Å². The van der Waals surface area contributed by atoms with Crippen LogP contribution in [0.4, 0.5) is 0 Å². The largest absolute Gasteiger partial charge is 0.497 e. The van der Waals surface area contributed by atoms with Crippen LogP contribution in [-0.2, 0) is 4.79 Å². The summed E-state index contributed by atoms with van der Waals surface area (Å²) >= 11 is 0. The molecule has 1 aromatic rings. The second-order valence-electron chi connectivity index (χ2n) is 5.89. The molecule has 0 aromatic heterocycles. The molecule has 1 saturated carbocycles. The van der Waals surface area contributed by atoms with Crippen molar-refractivity contribution in [3.05, 3.63) is 29.8 Å². The summed E-state index contributed by atoms with van der Waals surface area (Å²) in [4.78, 5) is 12.5. The van der Waals surface area contributed by atoms with E-state index >= 15 is 0 Å². The summed E-state index contributed by atoms with van der Waals surface area (Å²) in [6.07, 6.45) is 2.82. The lowest BCUT2D eigenvalue weighted by Crippen LogP contribution is -2.47. The third-order valence-corrected chi connectivity index (χ3v) is 4.49. The van der Waals surface area contributed by atoms with Gasteiger partial charge in [0.25, 0.3) is 0 Å². The quantitative estimate of drug-likeness (QED) is 0.887. The smallest absolute Gasteiger partial charge is 0.227 e. The molecule has 110 valence electrons. The normalized spacial score (nSPS) is 27.1. The summed E-state index contributed by atoms with van der Waals surface area (Å²) in [5, 5.41) is 3.09. The van der Waals surface area contributed by atoms with E-state index in [4.69, 9.17) is 10.5 Å². The maximum Gasteiger partial charge on any atom is 0.227 e. The Bertz CT molecular complexity index is 489. The van der Waals surface area contributed by atoms with Gasteiger partial charge in [-0.25, -0.2) is 0 Å². The van der Waals surface area contributed by atoms with Gasteiger partial charge in [-0.05, 0) is 44.4 Å². The van der Waals surface area contributed by atoms with Crippen LogP contribution in [0.5, 0.6) is 5.75 Å². The van der Waals surface area contributed by atoms with Crippen LogP contribution in [0.1, 0.15) is 44.7 Å². The zero-order chi connectivity index (χ0) is 14.8. The van der Waals surface area contributed by atoms with E-state index in [9.17, 15) is 4.79 Å². The van der Waals surface area contributed by atoms with Gasteiger partial charge in [-0.15, -0.1) is 0 Å². The summed E-state index contributed by atoms with van der Waals surface area (Å²) in [5.74, 6) is 0.852. The first-order valence-corrected chi connectivity index (χ1v) is 7.18. The molecule has 3 atom stereocenters. The van der Waals surface area contributed by atoms with Crippen molar-refractivity contribution in [2.75, 3.05) is 7.11 Å². The number of carbonyl (C=O) groups is 1. The van der Waals surface area contributed by atoms with Crippen molar-refractivity contribution in [1.82, 2.24) is 5.32 Å². The maximum atomic E-state index is 12.5. The third-order valence-electron chi connectivity index (χ3n) is 4.49. The first kappa shape index (κ1) is 14.9. The zero-order valence-electron chi connectivity index (χ0n) is 12.5. The Morgan fingerprint density at radius 3 is 2.90 bits per heavy atom. The van der Waals surface area contributed by atoms with Gasteiger partial charge in [-0.2, -0.15) is 0 Å². The predicted octanol–water partition coefficient (Wildman–Crippen LogP) is 2.39. The molecule has 0 bridgehead atoms. The summed E-state index contributed by atoms with van der Waals surface area (Å²) < 4.78 is 5.21. The number of benzene rings is 1. The molecule has 1 aliphatic rings. The Morgan fingerprint density at radius 1 is 1.55 bits per heavy atom. The van der Waals surface area contributed by atoms with Gasteiger partial charge in [0, 0.05) is 6.04 Å². The Kier molecular flexibility index (Phi) is 4.33. The van der Waals surface area contributed by atoms with Crippen LogP contribution in [0.2, 0.25) is 0 Å². The van der Waals surface area contributed by atoms with Crippen LogP contribution >= 0.6 is 0 Å². The maximum absolute atomic E-state index is 12.5. The van der Waals surface area contributed by atoms with Crippen molar-refractivity contribution in [3.63, 3.8) is 0 Å². The van der Waals surface area contributed by atoms with Crippen molar-refractivity contribution >= 4 is 5.91 Å². The molecule has 0 heterocycles. The van der Waals surface area contributed by atoms with Crippen molar-refractivity contribution in [1.29, 1.82) is 0 Å². The number of methoxy groups -OCH3 is 1. The van der Waals surface area contributed by atoms with E-state index in [1.54, 1.807) is 7.11 Å². The number of hydrogen-bond donors (Lipinski definition) is 2. The first-order valence-electron chi connectivity index (χ1n) is 7.18. The SMILES string of the molecule is COc1cccc([C@@H](C)NC(=O)C2(C)CCCC2N)c1. The van der Waals surface area contributed by atoms with Gasteiger partial charge in [0.05, 0.1) is 18.6 Å². The number of nitrogens with two attached hydrogens (primary N) is 1. The fourth-order valence-corrected chi connectivity index (χ4v) is 2.83. The second-order valence-corrected chi connectivity index (χ2v) is 5.89. The molecular weight excluding hydrogens is 252 g/mol. The van der Waals surface area contributed by atoms with Gasteiger partial charge in [0.15, 0.2) is 0 Å². The first-order chi connectivity index (χ1) is 9.47. The van der Waals surface area contributed by atoms with Crippen molar-refractivity contribution in [3.8, 4) is 5.75 Å². The number of carbonyl (C=O) groups excluding carboxylic acids is 1. The lowest BCUT2D eigenvalue weighted by molar-refractivity contribution is -0.131. The summed E-state index contributed by atoms with van der Waals surface area (Å²) in [6.45, 7) is 3.95. The van der Waals surface area contributed by atoms with E-state index in [2.05, 4.69) is 5.32 Å². The van der Waals surface area contributed by atoms with Gasteiger partial charge < -0.3 is 15.8 Å². The molecule has 2 unspecified atom stereocenters. The molecule has 3 N–H and O–H groups in total. The van der Waals surface area contributed by atoms with Crippen molar-refractivity contribution in [2.45, 2.75) is 45.2 Å². The van der Waals surface area contributed by atoms with Crippen LogP contribution in [0.3, 0.4) is 0 Å². The Morgan fingerprint density at radius 2 is 2.30 bits per heavy atom. The van der Waals surface area contributed by atoms with E-state index in [1.807, 2.05) is 38.1 Å². The minimum Gasteiger partial charge on any atom is -0.497 e. The topological polar surface area (TPSA) is 64.3 Å². The molecule has 1 fully saturated rings. The molecule has 4 heteroatoms. The number of ether oxygens (including phenoxy) is 1. The lowest BCUT2D eigenvalue weighted by atomic mass is 9.84. The van der Waals surface area contributed by atoms with Crippen LogP contribution in [0, 0.1) is 5.41 Å². The number of nitrogens with one attached hydrogen (secondary N) is 1. The summed E-state index contributed by atoms with van der Waals surface area (Å²) in [6, 6.07) is 7.67. The highest BCUT2D eigenvalue weighted by Gasteiger charge is 2.43. The zero-order valence-corrected chi connectivity index (χ0v) is 12.5. The number of hydrogen-bond acceptors (Lipinski definition) is 3. The van der Waals surface area contributed by atoms with E-state index < -0.39 is 5.41 Å². The molecule has 4 nitrogen and oxygen atoms in total. The molecule has 2 rings (SSSR count). The standard InChI is InChI=1S/C16H24N2O2/c1-11(12-6-4-7-13(10-12)20-3)18-15(19)16(2)9-5-8-14(16)17/h4,6-7,10-11,14H,5,8-9,17H2,1-3H3,(H,18,19)/t11-,14?,16?/m1/s1. The van der Waals surface area contributed by atoms with E-state index in [0.717, 1.165) is 30.6 Å². The van der Waals surface area contributed by atoms with Crippen molar-refractivity contribution < 1.29 is 9.53 Å². The summed E-state index contributed by atoms with van der Waals surface area (Å²) in [5.41, 5.74) is 6.69. The van der Waals surface area contributed by atoms with Crippen LogP contribution in [-0.4, -0.2) is 19.1 Å². The summed E-state index contributed by atoms with van der Waals surface area (Å²) in [7, 11) is 1.64. The number of amides is 1. The van der Waals surface area contributed by atoms with Crippen LogP contribution < -0.4 is 15.8 Å². The van der Waals surface area contributed by atoms with Gasteiger partial charge >= 0.3 is 0 Å².